The van der Waals surface area contributed by atoms with Gasteiger partial charge in [-0.15, -0.1) is 0 Å². The van der Waals surface area contributed by atoms with Gasteiger partial charge >= 0.3 is 6.61 Å². The number of unbranched alkanes of at least 4 members (excludes halogenated alkanes) is 2. The third-order valence-electron chi connectivity index (χ3n) is 7.03. The Morgan fingerprint density at radius 2 is 1.65 bits per heavy atom. The Labute approximate surface area is 196 Å². The average Bonchev–Trinajstić information content (AvgIpc) is 2.82. The molecule has 0 aliphatic heterocycles. The lowest BCUT2D eigenvalue weighted by atomic mass is 9.77. The van der Waals surface area contributed by atoms with Crippen molar-refractivity contribution in [1.29, 1.82) is 0 Å². The molecule has 0 saturated heterocycles. The van der Waals surface area contributed by atoms with Crippen molar-refractivity contribution in [3.8, 4) is 16.9 Å². The molecule has 0 amide bonds. The molecule has 0 N–H and O–H groups in total. The van der Waals surface area contributed by atoms with Gasteiger partial charge in [-0.3, -0.25) is 0 Å². The van der Waals surface area contributed by atoms with Gasteiger partial charge in [-0.05, 0) is 72.2 Å². The number of benzene rings is 3. The summed E-state index contributed by atoms with van der Waals surface area (Å²) in [4.78, 5) is 0. The van der Waals surface area contributed by atoms with Gasteiger partial charge in [0.05, 0.1) is 0 Å². The van der Waals surface area contributed by atoms with Crippen LogP contribution in [0.2, 0.25) is 0 Å². The molecule has 1 nitrogen and oxygen atoms in total. The highest BCUT2D eigenvalue weighted by Crippen LogP contribution is 2.39. The molecule has 0 atom stereocenters. The van der Waals surface area contributed by atoms with Crippen LogP contribution in [0.1, 0.15) is 69.8 Å². The van der Waals surface area contributed by atoms with E-state index in [4.69, 9.17) is 0 Å². The van der Waals surface area contributed by atoms with Crippen LogP contribution >= 0.6 is 0 Å². The maximum Gasteiger partial charge on any atom is 0.387 e. The molecule has 1 aliphatic rings. The van der Waals surface area contributed by atoms with Crippen molar-refractivity contribution in [2.45, 2.75) is 70.8 Å². The average molecular weight is 477 g/mol. The Morgan fingerprint density at radius 3 is 2.32 bits per heavy atom. The molecule has 4 rings (SSSR count). The molecule has 0 radical (unpaired) electrons. The summed E-state index contributed by atoms with van der Waals surface area (Å²) in [5, 5.41) is 0.0625. The van der Waals surface area contributed by atoms with Crippen LogP contribution in [0.25, 0.3) is 21.9 Å². The summed E-state index contributed by atoms with van der Waals surface area (Å²) >= 11 is 0. The van der Waals surface area contributed by atoms with Crippen LogP contribution in [-0.4, -0.2) is 6.61 Å². The first-order valence-electron chi connectivity index (χ1n) is 12.0. The summed E-state index contributed by atoms with van der Waals surface area (Å²) in [5.74, 6) is -2.83. The number of hydrogen-bond acceptors (Lipinski definition) is 1. The normalized spacial score (nSPS) is 18.6. The van der Waals surface area contributed by atoms with Crippen molar-refractivity contribution in [2.24, 2.45) is 5.92 Å². The topological polar surface area (TPSA) is 9.23 Å². The second kappa shape index (κ2) is 10.7. The molecule has 0 aromatic heterocycles. The second-order valence-corrected chi connectivity index (χ2v) is 9.27. The lowest BCUT2D eigenvalue weighted by Gasteiger charge is -2.29. The third-order valence-corrected chi connectivity index (χ3v) is 7.03. The van der Waals surface area contributed by atoms with Crippen molar-refractivity contribution in [3.05, 3.63) is 65.5 Å². The van der Waals surface area contributed by atoms with Crippen molar-refractivity contribution in [2.75, 3.05) is 0 Å². The van der Waals surface area contributed by atoms with Gasteiger partial charge in [-0.25, -0.2) is 13.2 Å². The van der Waals surface area contributed by atoms with E-state index in [1.54, 1.807) is 12.1 Å². The van der Waals surface area contributed by atoms with Crippen LogP contribution in [0.3, 0.4) is 0 Å². The fourth-order valence-electron chi connectivity index (χ4n) is 5.16. The van der Waals surface area contributed by atoms with E-state index < -0.39 is 24.0 Å². The van der Waals surface area contributed by atoms with Crippen LogP contribution in [0.4, 0.5) is 22.0 Å². The molecule has 0 heterocycles. The predicted molar refractivity (Wildman–Crippen MR) is 125 cm³/mol. The van der Waals surface area contributed by atoms with E-state index in [1.807, 2.05) is 6.07 Å². The Bertz CT molecular complexity index is 1140. The second-order valence-electron chi connectivity index (χ2n) is 9.27. The number of rotatable bonds is 8. The smallest absolute Gasteiger partial charge is 0.387 e. The molecule has 182 valence electrons. The molecule has 1 saturated carbocycles. The van der Waals surface area contributed by atoms with Crippen molar-refractivity contribution < 1.29 is 26.7 Å². The molecule has 0 unspecified atom stereocenters. The SMILES string of the molecule is CCCCCC1CCC(c2ccc(-c3ccc4c(F)c(OC(F)F)c(F)cc4c3)c(F)c2)CC1. The number of hydrogen-bond donors (Lipinski definition) is 0. The van der Waals surface area contributed by atoms with Crippen molar-refractivity contribution in [3.63, 3.8) is 0 Å². The van der Waals surface area contributed by atoms with E-state index >= 15 is 4.39 Å². The minimum Gasteiger partial charge on any atom is -0.429 e. The van der Waals surface area contributed by atoms with Gasteiger partial charge in [0.1, 0.15) is 5.82 Å². The van der Waals surface area contributed by atoms with Crippen LogP contribution < -0.4 is 4.74 Å². The minimum absolute atomic E-state index is 0.0754. The first-order chi connectivity index (χ1) is 16.4. The standard InChI is InChI=1S/C28H29F5O/c1-2-3-4-5-17-6-8-18(9-7-17)19-10-12-22(24(29)15-19)20-11-13-23-21(14-20)16-25(30)27(26(23)31)34-28(32)33/h10-18,28H,2-9H2,1H3. The van der Waals surface area contributed by atoms with Crippen molar-refractivity contribution in [1.82, 2.24) is 0 Å². The zero-order chi connectivity index (χ0) is 24.2. The Morgan fingerprint density at radius 1 is 0.882 bits per heavy atom. The van der Waals surface area contributed by atoms with Crippen molar-refractivity contribution >= 4 is 10.8 Å². The molecular weight excluding hydrogens is 447 g/mol. The van der Waals surface area contributed by atoms with E-state index in [1.165, 1.54) is 56.7 Å². The molecule has 3 aromatic rings. The fourth-order valence-corrected chi connectivity index (χ4v) is 5.16. The summed E-state index contributed by atoms with van der Waals surface area (Å²) in [6.07, 6.45) is 9.57. The molecular formula is C28H29F5O. The van der Waals surface area contributed by atoms with Crippen LogP contribution in [0.15, 0.2) is 42.5 Å². The molecule has 0 spiro atoms. The molecule has 34 heavy (non-hydrogen) atoms. The maximum atomic E-state index is 15.1. The lowest BCUT2D eigenvalue weighted by molar-refractivity contribution is -0.0544. The van der Waals surface area contributed by atoms with Gasteiger partial charge in [-0.2, -0.15) is 8.78 Å². The molecule has 1 fully saturated rings. The van der Waals surface area contributed by atoms with E-state index in [0.29, 0.717) is 17.0 Å². The van der Waals surface area contributed by atoms with Gasteiger partial charge in [0.25, 0.3) is 0 Å². The Kier molecular flexibility index (Phi) is 7.74. The Balaban J connectivity index is 1.52. The Hall–Kier alpha value is -2.63. The monoisotopic (exact) mass is 476 g/mol. The first-order valence-corrected chi connectivity index (χ1v) is 12.0. The summed E-state index contributed by atoms with van der Waals surface area (Å²) in [6, 6.07) is 10.4. The van der Waals surface area contributed by atoms with E-state index in [0.717, 1.165) is 30.4 Å². The summed E-state index contributed by atoms with van der Waals surface area (Å²) in [5.41, 5.74) is 1.77. The number of alkyl halides is 2. The molecule has 3 aromatic carbocycles. The summed E-state index contributed by atoms with van der Waals surface area (Å²) in [7, 11) is 0. The van der Waals surface area contributed by atoms with Crippen LogP contribution in [0, 0.1) is 23.4 Å². The van der Waals surface area contributed by atoms with Gasteiger partial charge in [0.2, 0.25) is 0 Å². The highest BCUT2D eigenvalue weighted by Gasteiger charge is 2.23. The lowest BCUT2D eigenvalue weighted by Crippen LogP contribution is -2.13. The van der Waals surface area contributed by atoms with Crippen LogP contribution in [-0.2, 0) is 0 Å². The largest absolute Gasteiger partial charge is 0.429 e. The molecule has 1 aliphatic carbocycles. The zero-order valence-corrected chi connectivity index (χ0v) is 19.2. The predicted octanol–water partition coefficient (Wildman–Crippen LogP) is 9.38. The zero-order valence-electron chi connectivity index (χ0n) is 19.2. The molecule has 6 heteroatoms. The highest BCUT2D eigenvalue weighted by atomic mass is 19.3. The van der Waals surface area contributed by atoms with Gasteiger partial charge in [-0.1, -0.05) is 56.9 Å². The number of fused-ring (bicyclic) bond motifs is 1. The van der Waals surface area contributed by atoms with Gasteiger partial charge in [0.15, 0.2) is 17.4 Å². The highest BCUT2D eigenvalue weighted by molar-refractivity contribution is 5.89. The molecule has 0 bridgehead atoms. The van der Waals surface area contributed by atoms with E-state index in [2.05, 4.69) is 11.7 Å². The maximum absolute atomic E-state index is 15.1. The van der Waals surface area contributed by atoms with Crippen LogP contribution in [0.5, 0.6) is 5.75 Å². The van der Waals surface area contributed by atoms with Gasteiger partial charge < -0.3 is 4.74 Å². The third kappa shape index (κ3) is 5.37. The minimum atomic E-state index is -3.34. The van der Waals surface area contributed by atoms with Gasteiger partial charge in [0, 0.05) is 10.9 Å². The summed E-state index contributed by atoms with van der Waals surface area (Å²) in [6.45, 7) is -1.13. The summed E-state index contributed by atoms with van der Waals surface area (Å²) < 4.78 is 72.6. The van der Waals surface area contributed by atoms with E-state index in [9.17, 15) is 17.6 Å². The fraction of sp³-hybridized carbons (Fsp3) is 0.429. The quantitative estimate of drug-likeness (QED) is 0.232. The first kappa shape index (κ1) is 24.5. The number of ether oxygens (including phenoxy) is 1. The number of halogens is 5. The van der Waals surface area contributed by atoms with E-state index in [-0.39, 0.29) is 16.6 Å².